The Labute approximate surface area is 164 Å². The fraction of sp³-hybridized carbons (Fsp3) is 0.556. The Bertz CT molecular complexity index is 695. The van der Waals surface area contributed by atoms with Crippen LogP contribution < -0.4 is 5.32 Å². The maximum absolute atomic E-state index is 12.2. The summed E-state index contributed by atoms with van der Waals surface area (Å²) >= 11 is 5.85. The first-order valence-corrected chi connectivity index (χ1v) is 11.1. The predicted molar refractivity (Wildman–Crippen MR) is 104 cm³/mol. The van der Waals surface area contributed by atoms with Crippen LogP contribution in [0.1, 0.15) is 45.3 Å². The zero-order valence-corrected chi connectivity index (χ0v) is 17.8. The van der Waals surface area contributed by atoms with Gasteiger partial charge in [0, 0.05) is 25.2 Å². The molecule has 0 spiro atoms. The van der Waals surface area contributed by atoms with Crippen molar-refractivity contribution in [1.82, 2.24) is 5.32 Å². The van der Waals surface area contributed by atoms with Crippen molar-refractivity contribution < 1.29 is 28.5 Å². The average Bonchev–Trinajstić information content (AvgIpc) is 2.50. The van der Waals surface area contributed by atoms with E-state index in [2.05, 4.69) is 5.32 Å². The summed E-state index contributed by atoms with van der Waals surface area (Å²) in [5.41, 5.74) is -0.690. The minimum absolute atomic E-state index is 0.116. The van der Waals surface area contributed by atoms with Crippen LogP contribution in [0.2, 0.25) is 5.02 Å². The van der Waals surface area contributed by atoms with Crippen LogP contribution in [0.15, 0.2) is 24.3 Å². The van der Waals surface area contributed by atoms with E-state index < -0.39 is 36.8 Å². The van der Waals surface area contributed by atoms with E-state index in [1.165, 1.54) is 13.6 Å². The van der Waals surface area contributed by atoms with Crippen molar-refractivity contribution in [2.45, 2.75) is 46.1 Å². The Morgan fingerprint density at radius 1 is 1.22 bits per heavy atom. The van der Waals surface area contributed by atoms with Gasteiger partial charge in [0.05, 0.1) is 11.1 Å². The second-order valence-electron chi connectivity index (χ2n) is 7.35. The number of ether oxygens (including phenoxy) is 2. The van der Waals surface area contributed by atoms with Crippen molar-refractivity contribution in [3.05, 3.63) is 34.9 Å². The highest BCUT2D eigenvalue weighted by Crippen LogP contribution is 2.54. The third kappa shape index (κ3) is 8.33. The number of benzene rings is 1. The van der Waals surface area contributed by atoms with Crippen LogP contribution in [-0.4, -0.2) is 36.5 Å². The van der Waals surface area contributed by atoms with Crippen LogP contribution in [-0.2, 0) is 18.8 Å². The molecule has 0 saturated carbocycles. The average molecular weight is 420 g/mol. The molecule has 0 aliphatic rings. The summed E-state index contributed by atoms with van der Waals surface area (Å²) in [4.78, 5) is 33.6. The van der Waals surface area contributed by atoms with Gasteiger partial charge in [-0.05, 0) is 44.9 Å². The normalized spacial score (nSPS) is 16.0. The molecule has 0 aliphatic heterocycles. The van der Waals surface area contributed by atoms with Crippen molar-refractivity contribution in [1.29, 1.82) is 0 Å². The number of carbonyl (C=O) groups excluding carboxylic acids is 2. The minimum atomic E-state index is -3.44. The quantitative estimate of drug-likeness (QED) is 0.387. The number of alkyl carbamates (subject to hydrolysis) is 1. The fourth-order valence-corrected chi connectivity index (χ4v) is 3.68. The summed E-state index contributed by atoms with van der Waals surface area (Å²) in [5, 5.41) is 3.03. The minimum Gasteiger partial charge on any atom is -0.425 e. The van der Waals surface area contributed by atoms with Crippen molar-refractivity contribution in [2.75, 3.05) is 13.2 Å². The first-order chi connectivity index (χ1) is 12.3. The third-order valence-corrected chi connectivity index (χ3v) is 5.64. The fourth-order valence-electron chi connectivity index (χ4n) is 2.22. The van der Waals surface area contributed by atoms with Crippen LogP contribution in [0.5, 0.6) is 0 Å². The summed E-state index contributed by atoms with van der Waals surface area (Å²) in [6, 6.07) is 6.66. The van der Waals surface area contributed by atoms with Crippen LogP contribution in [0, 0.1) is 5.41 Å². The number of nitrogens with one attached hydrogen (secondary N) is 1. The molecule has 3 atom stereocenters. The maximum Gasteiger partial charge on any atom is 0.410 e. The van der Waals surface area contributed by atoms with E-state index in [-0.39, 0.29) is 13.0 Å². The van der Waals surface area contributed by atoms with Gasteiger partial charge in [0.15, 0.2) is 0 Å². The lowest BCUT2D eigenvalue weighted by atomic mass is 9.97. The first kappa shape index (κ1) is 23.5. The molecule has 0 aromatic heterocycles. The summed E-state index contributed by atoms with van der Waals surface area (Å²) < 4.78 is 22.2. The SMILES string of the molecule is CC(OC(=O)NCCC(c1ccc(Cl)cc1)P(C)(=O)O)OC(=O)C(C)(C)C. The number of esters is 1. The largest absolute Gasteiger partial charge is 0.425 e. The molecular weight excluding hydrogens is 393 g/mol. The van der Waals surface area contributed by atoms with Gasteiger partial charge in [-0.2, -0.15) is 0 Å². The van der Waals surface area contributed by atoms with Crippen LogP contribution in [0.3, 0.4) is 0 Å². The Kier molecular flexibility index (Phi) is 8.33. The molecule has 0 aliphatic carbocycles. The molecule has 152 valence electrons. The van der Waals surface area contributed by atoms with E-state index >= 15 is 0 Å². The van der Waals surface area contributed by atoms with Gasteiger partial charge in [0.1, 0.15) is 0 Å². The second kappa shape index (κ2) is 9.58. The van der Waals surface area contributed by atoms with E-state index in [4.69, 9.17) is 21.1 Å². The molecule has 1 aromatic rings. The smallest absolute Gasteiger partial charge is 0.410 e. The lowest BCUT2D eigenvalue weighted by Gasteiger charge is -2.22. The number of hydrogen-bond donors (Lipinski definition) is 2. The van der Waals surface area contributed by atoms with Gasteiger partial charge in [-0.3, -0.25) is 9.36 Å². The Morgan fingerprint density at radius 3 is 2.26 bits per heavy atom. The Balaban J connectivity index is 2.55. The molecule has 9 heteroatoms. The molecule has 0 radical (unpaired) electrons. The Hall–Kier alpha value is -1.56. The second-order valence-corrected chi connectivity index (χ2v) is 10.3. The van der Waals surface area contributed by atoms with E-state index in [0.29, 0.717) is 10.6 Å². The van der Waals surface area contributed by atoms with Crippen molar-refractivity contribution in [2.24, 2.45) is 5.41 Å². The topological polar surface area (TPSA) is 102 Å². The molecular formula is C18H27ClNO6P. The van der Waals surface area contributed by atoms with Crippen LogP contribution in [0.4, 0.5) is 4.79 Å². The summed E-state index contributed by atoms with van der Waals surface area (Å²) in [6.07, 6.45) is -1.58. The molecule has 0 heterocycles. The highest BCUT2D eigenvalue weighted by molar-refractivity contribution is 7.57. The van der Waals surface area contributed by atoms with Gasteiger partial charge in [0.25, 0.3) is 0 Å². The maximum atomic E-state index is 12.2. The zero-order valence-electron chi connectivity index (χ0n) is 16.2. The molecule has 3 unspecified atom stereocenters. The molecule has 0 fully saturated rings. The molecule has 2 N–H and O–H groups in total. The highest BCUT2D eigenvalue weighted by atomic mass is 35.5. The standard InChI is InChI=1S/C18H27ClNO6P/c1-12(25-16(21)18(2,3)4)26-17(22)20-11-10-15(27(5,23)24)13-6-8-14(19)9-7-13/h6-9,12,15H,10-11H2,1-5H3,(H,20,22)(H,23,24). The summed E-state index contributed by atoms with van der Waals surface area (Å²) in [5.74, 6) is -0.488. The van der Waals surface area contributed by atoms with Crippen molar-refractivity contribution in [3.8, 4) is 0 Å². The molecule has 1 amide bonds. The number of hydrogen-bond acceptors (Lipinski definition) is 5. The lowest BCUT2D eigenvalue weighted by molar-refractivity contribution is -0.174. The van der Waals surface area contributed by atoms with E-state index in [9.17, 15) is 19.0 Å². The Morgan fingerprint density at radius 2 is 1.78 bits per heavy atom. The highest BCUT2D eigenvalue weighted by Gasteiger charge is 2.28. The van der Waals surface area contributed by atoms with Crippen LogP contribution in [0.25, 0.3) is 0 Å². The summed E-state index contributed by atoms with van der Waals surface area (Å²) in [6.45, 7) is 7.90. The van der Waals surface area contributed by atoms with Gasteiger partial charge in [-0.15, -0.1) is 0 Å². The monoisotopic (exact) mass is 419 g/mol. The van der Waals surface area contributed by atoms with Gasteiger partial charge >= 0.3 is 12.1 Å². The number of amides is 1. The molecule has 0 saturated heterocycles. The predicted octanol–water partition coefficient (Wildman–Crippen LogP) is 4.33. The van der Waals surface area contributed by atoms with E-state index in [1.54, 1.807) is 45.0 Å². The number of rotatable bonds is 7. The van der Waals surface area contributed by atoms with Gasteiger partial charge < -0.3 is 19.7 Å². The van der Waals surface area contributed by atoms with Gasteiger partial charge in [-0.25, -0.2) is 4.79 Å². The summed E-state index contributed by atoms with van der Waals surface area (Å²) in [7, 11) is -3.44. The molecule has 1 rings (SSSR count). The first-order valence-electron chi connectivity index (χ1n) is 8.51. The third-order valence-electron chi connectivity index (χ3n) is 3.68. The molecule has 7 nitrogen and oxygen atoms in total. The number of halogens is 1. The molecule has 0 bridgehead atoms. The zero-order chi connectivity index (χ0) is 20.8. The van der Waals surface area contributed by atoms with E-state index in [1.807, 2.05) is 0 Å². The lowest BCUT2D eigenvalue weighted by Crippen LogP contribution is -2.33. The van der Waals surface area contributed by atoms with Gasteiger partial charge in [-0.1, -0.05) is 23.7 Å². The molecule has 27 heavy (non-hydrogen) atoms. The molecule has 1 aromatic carbocycles. The van der Waals surface area contributed by atoms with Gasteiger partial charge in [0.2, 0.25) is 13.7 Å². The van der Waals surface area contributed by atoms with Crippen molar-refractivity contribution in [3.63, 3.8) is 0 Å². The van der Waals surface area contributed by atoms with Crippen molar-refractivity contribution >= 4 is 31.0 Å². The number of carbonyl (C=O) groups is 2. The van der Waals surface area contributed by atoms with E-state index in [0.717, 1.165) is 0 Å². The van der Waals surface area contributed by atoms with Crippen LogP contribution >= 0.6 is 19.0 Å².